The van der Waals surface area contributed by atoms with Gasteiger partial charge in [-0.2, -0.15) is 0 Å². The minimum atomic E-state index is 0.488. The minimum absolute atomic E-state index is 0.488. The van der Waals surface area contributed by atoms with Crippen LogP contribution in [0.25, 0.3) is 0 Å². The lowest BCUT2D eigenvalue weighted by molar-refractivity contribution is 0.501. The predicted molar refractivity (Wildman–Crippen MR) is 79.2 cm³/mol. The third-order valence-electron chi connectivity index (χ3n) is 3.90. The molecule has 0 N–H and O–H groups in total. The molecule has 94 valence electrons. The number of rotatable bonds is 3. The first-order valence-corrected chi connectivity index (χ1v) is 7.78. The first-order valence-electron chi connectivity index (χ1n) is 6.48. The third-order valence-corrected chi connectivity index (χ3v) is 5.17. The first-order chi connectivity index (χ1) is 8.08. The smallest absolute Gasteiger partial charge is 0.0438 e. The number of aryl methyl sites for hydroxylation is 2. The Labute approximate surface area is 118 Å². The second-order valence-corrected chi connectivity index (χ2v) is 6.82. The maximum Gasteiger partial charge on any atom is 0.0438 e. The molecule has 0 saturated heterocycles. The molecule has 0 radical (unpaired) electrons. The molecule has 1 aromatic carbocycles. The maximum absolute atomic E-state index is 6.15. The van der Waals surface area contributed by atoms with Crippen LogP contribution in [0, 0.1) is 19.8 Å². The molecule has 2 rings (SSSR count). The largest absolute Gasteiger partial charge is 0.0840 e. The summed E-state index contributed by atoms with van der Waals surface area (Å²) in [4.78, 5) is 0.488. The summed E-state index contributed by atoms with van der Waals surface area (Å²) in [6.45, 7) is 4.24. The standard InChI is InChI=1S/C15H20BrCl/c1-10-8-15(17)11(2)7-13(10)14(16)9-12-5-3-4-6-12/h7-8,12,14H,3-6,9H2,1-2H3. The lowest BCUT2D eigenvalue weighted by atomic mass is 9.95. The third kappa shape index (κ3) is 3.26. The average Bonchev–Trinajstić information content (AvgIpc) is 2.76. The number of halogens is 2. The van der Waals surface area contributed by atoms with Gasteiger partial charge in [0.15, 0.2) is 0 Å². The highest BCUT2D eigenvalue weighted by molar-refractivity contribution is 9.09. The van der Waals surface area contributed by atoms with Crippen molar-refractivity contribution >= 4 is 27.5 Å². The Bertz CT molecular complexity index is 394. The molecule has 0 spiro atoms. The molecule has 0 nitrogen and oxygen atoms in total. The maximum atomic E-state index is 6.15. The Balaban J connectivity index is 2.12. The summed E-state index contributed by atoms with van der Waals surface area (Å²) in [5, 5.41) is 0.881. The molecule has 17 heavy (non-hydrogen) atoms. The van der Waals surface area contributed by atoms with E-state index in [9.17, 15) is 0 Å². The molecule has 0 aromatic heterocycles. The fourth-order valence-electron chi connectivity index (χ4n) is 2.81. The zero-order valence-electron chi connectivity index (χ0n) is 10.6. The normalized spacial score (nSPS) is 18.6. The van der Waals surface area contributed by atoms with Crippen molar-refractivity contribution in [2.24, 2.45) is 5.92 Å². The molecule has 0 aliphatic heterocycles. The lowest BCUT2D eigenvalue weighted by Gasteiger charge is -2.18. The molecule has 1 unspecified atom stereocenters. The predicted octanol–water partition coefficient (Wildman–Crippen LogP) is 5.97. The van der Waals surface area contributed by atoms with E-state index in [1.54, 1.807) is 0 Å². The quantitative estimate of drug-likeness (QED) is 0.602. The van der Waals surface area contributed by atoms with Crippen molar-refractivity contribution in [1.82, 2.24) is 0 Å². The van der Waals surface area contributed by atoms with Gasteiger partial charge in [0.25, 0.3) is 0 Å². The van der Waals surface area contributed by atoms with Gasteiger partial charge in [0.05, 0.1) is 0 Å². The molecule has 0 amide bonds. The van der Waals surface area contributed by atoms with Crippen LogP contribution in [0.4, 0.5) is 0 Å². The number of hydrogen-bond acceptors (Lipinski definition) is 0. The Morgan fingerprint density at radius 3 is 2.53 bits per heavy atom. The topological polar surface area (TPSA) is 0 Å². The van der Waals surface area contributed by atoms with Gasteiger partial charge in [-0.3, -0.25) is 0 Å². The van der Waals surface area contributed by atoms with Gasteiger partial charge in [-0.15, -0.1) is 0 Å². The summed E-state index contributed by atoms with van der Waals surface area (Å²) < 4.78 is 0. The van der Waals surface area contributed by atoms with E-state index in [1.807, 2.05) is 0 Å². The van der Waals surface area contributed by atoms with Crippen molar-refractivity contribution < 1.29 is 0 Å². The summed E-state index contributed by atoms with van der Waals surface area (Å²) in [6.07, 6.45) is 6.93. The van der Waals surface area contributed by atoms with Crippen LogP contribution in [0.5, 0.6) is 0 Å². The number of alkyl halides is 1. The molecule has 1 atom stereocenters. The minimum Gasteiger partial charge on any atom is -0.0840 e. The van der Waals surface area contributed by atoms with Gasteiger partial charge in [0.1, 0.15) is 0 Å². The van der Waals surface area contributed by atoms with Crippen LogP contribution < -0.4 is 0 Å². The van der Waals surface area contributed by atoms with E-state index in [2.05, 4.69) is 41.9 Å². The van der Waals surface area contributed by atoms with E-state index in [1.165, 1.54) is 48.8 Å². The van der Waals surface area contributed by atoms with E-state index in [0.717, 1.165) is 10.9 Å². The fourth-order valence-corrected chi connectivity index (χ4v) is 4.05. The van der Waals surface area contributed by atoms with Crippen LogP contribution in [-0.4, -0.2) is 0 Å². The van der Waals surface area contributed by atoms with Gasteiger partial charge in [0.2, 0.25) is 0 Å². The van der Waals surface area contributed by atoms with Gasteiger partial charge in [-0.1, -0.05) is 59.3 Å². The molecular weight excluding hydrogens is 296 g/mol. The Kier molecular flexibility index (Phi) is 4.54. The molecule has 1 aliphatic rings. The highest BCUT2D eigenvalue weighted by Crippen LogP contribution is 2.39. The van der Waals surface area contributed by atoms with Crippen LogP contribution in [0.1, 0.15) is 53.6 Å². The molecule has 0 bridgehead atoms. The zero-order chi connectivity index (χ0) is 12.4. The number of hydrogen-bond donors (Lipinski definition) is 0. The van der Waals surface area contributed by atoms with Gasteiger partial charge in [-0.05, 0) is 48.9 Å². The Morgan fingerprint density at radius 2 is 1.88 bits per heavy atom. The van der Waals surface area contributed by atoms with Crippen LogP contribution >= 0.6 is 27.5 Å². The van der Waals surface area contributed by atoms with Crippen LogP contribution in [-0.2, 0) is 0 Å². The van der Waals surface area contributed by atoms with E-state index in [-0.39, 0.29) is 0 Å². The second-order valence-electron chi connectivity index (χ2n) is 5.31. The molecule has 1 fully saturated rings. The van der Waals surface area contributed by atoms with Crippen molar-refractivity contribution in [3.05, 3.63) is 33.8 Å². The highest BCUT2D eigenvalue weighted by Gasteiger charge is 2.20. The van der Waals surface area contributed by atoms with E-state index in [0.29, 0.717) is 4.83 Å². The van der Waals surface area contributed by atoms with Crippen LogP contribution in [0.2, 0.25) is 5.02 Å². The van der Waals surface area contributed by atoms with Crippen molar-refractivity contribution in [2.45, 2.75) is 50.8 Å². The monoisotopic (exact) mass is 314 g/mol. The zero-order valence-corrected chi connectivity index (χ0v) is 12.9. The highest BCUT2D eigenvalue weighted by atomic mass is 79.9. The second kappa shape index (κ2) is 5.75. The van der Waals surface area contributed by atoms with Crippen LogP contribution in [0.3, 0.4) is 0 Å². The summed E-state index contributed by atoms with van der Waals surface area (Å²) in [5.41, 5.74) is 3.91. The average molecular weight is 316 g/mol. The SMILES string of the molecule is Cc1cc(C(Br)CC2CCCC2)c(C)cc1Cl. The summed E-state index contributed by atoms with van der Waals surface area (Å²) in [5.74, 6) is 0.912. The van der Waals surface area contributed by atoms with Gasteiger partial charge in [-0.25, -0.2) is 0 Å². The van der Waals surface area contributed by atoms with Gasteiger partial charge < -0.3 is 0 Å². The Morgan fingerprint density at radius 1 is 1.24 bits per heavy atom. The summed E-state index contributed by atoms with van der Waals surface area (Å²) in [7, 11) is 0. The molecule has 1 saturated carbocycles. The van der Waals surface area contributed by atoms with Crippen molar-refractivity contribution in [3.63, 3.8) is 0 Å². The van der Waals surface area contributed by atoms with E-state index in [4.69, 9.17) is 11.6 Å². The molecule has 1 aromatic rings. The molecule has 2 heteroatoms. The molecular formula is C15H20BrCl. The van der Waals surface area contributed by atoms with Gasteiger partial charge in [0, 0.05) is 9.85 Å². The van der Waals surface area contributed by atoms with E-state index < -0.39 is 0 Å². The Hall–Kier alpha value is -0.0100. The van der Waals surface area contributed by atoms with Crippen molar-refractivity contribution in [3.8, 4) is 0 Å². The van der Waals surface area contributed by atoms with Crippen molar-refractivity contribution in [1.29, 1.82) is 0 Å². The molecule has 1 aliphatic carbocycles. The molecule has 0 heterocycles. The first kappa shape index (κ1) is 13.4. The summed E-state index contributed by atoms with van der Waals surface area (Å²) >= 11 is 10.0. The van der Waals surface area contributed by atoms with Crippen LogP contribution in [0.15, 0.2) is 12.1 Å². The fraction of sp³-hybridized carbons (Fsp3) is 0.600. The van der Waals surface area contributed by atoms with E-state index >= 15 is 0 Å². The number of benzene rings is 1. The van der Waals surface area contributed by atoms with Gasteiger partial charge >= 0.3 is 0 Å². The lowest BCUT2D eigenvalue weighted by Crippen LogP contribution is -2.01. The summed E-state index contributed by atoms with van der Waals surface area (Å²) in [6, 6.07) is 4.33. The van der Waals surface area contributed by atoms with Crippen molar-refractivity contribution in [2.75, 3.05) is 0 Å².